The lowest BCUT2D eigenvalue weighted by atomic mass is 9.94. The maximum atomic E-state index is 13.7. The Morgan fingerprint density at radius 2 is 1.73 bits per heavy atom. The Labute approximate surface area is 219 Å². The van der Waals surface area contributed by atoms with E-state index in [1.165, 1.54) is 0 Å². The zero-order valence-electron chi connectivity index (χ0n) is 22.5. The van der Waals surface area contributed by atoms with Crippen molar-refractivity contribution in [3.63, 3.8) is 0 Å². The summed E-state index contributed by atoms with van der Waals surface area (Å²) in [5, 5.41) is 6.25. The molecule has 202 valence electrons. The molecular formula is C28H41N5O4. The molecule has 37 heavy (non-hydrogen) atoms. The van der Waals surface area contributed by atoms with Gasteiger partial charge in [0.25, 0.3) is 5.91 Å². The number of carbonyl (C=O) groups is 4. The molecule has 0 spiro atoms. The number of Topliss-reactive ketones (excluding diaryl/α,β-unsaturated/α-hetero) is 1. The second-order valence-electron chi connectivity index (χ2n) is 11.3. The number of hydrogen-bond donors (Lipinski definition) is 2. The smallest absolute Gasteiger partial charge is 0.251 e. The van der Waals surface area contributed by atoms with Crippen molar-refractivity contribution in [3.05, 3.63) is 29.8 Å². The van der Waals surface area contributed by atoms with Gasteiger partial charge in [-0.1, -0.05) is 13.8 Å². The average Bonchev–Trinajstić information content (AvgIpc) is 3.45. The molecule has 1 aromatic rings. The van der Waals surface area contributed by atoms with Crippen LogP contribution >= 0.6 is 0 Å². The minimum atomic E-state index is -0.730. The second-order valence-corrected chi connectivity index (χ2v) is 11.3. The first-order chi connectivity index (χ1) is 17.7. The molecule has 0 aliphatic carbocycles. The van der Waals surface area contributed by atoms with Gasteiger partial charge in [-0.2, -0.15) is 0 Å². The molecule has 0 radical (unpaired) electrons. The molecule has 4 rings (SSSR count). The van der Waals surface area contributed by atoms with Crippen LogP contribution < -0.4 is 15.5 Å². The summed E-state index contributed by atoms with van der Waals surface area (Å²) in [6, 6.07) is 5.62. The maximum Gasteiger partial charge on any atom is 0.251 e. The predicted octanol–water partition coefficient (Wildman–Crippen LogP) is 1.67. The van der Waals surface area contributed by atoms with E-state index in [-0.39, 0.29) is 42.0 Å². The Balaban J connectivity index is 1.43. The van der Waals surface area contributed by atoms with Crippen molar-refractivity contribution in [1.29, 1.82) is 0 Å². The quantitative estimate of drug-likeness (QED) is 0.551. The molecule has 0 aromatic heterocycles. The summed E-state index contributed by atoms with van der Waals surface area (Å²) < 4.78 is 0. The number of anilines is 1. The van der Waals surface area contributed by atoms with Crippen molar-refractivity contribution >= 4 is 29.2 Å². The Bertz CT molecular complexity index is 1000. The van der Waals surface area contributed by atoms with E-state index in [1.54, 1.807) is 21.9 Å². The fraction of sp³-hybridized carbons (Fsp3) is 0.643. The maximum absolute atomic E-state index is 13.7. The Morgan fingerprint density at radius 1 is 1.05 bits per heavy atom. The fourth-order valence-electron chi connectivity index (χ4n) is 5.89. The standard InChI is InChI=1S/C28H41N5O4/c1-18(2)15-22(30-27(36)20-5-7-21(8-6-20)31(3)4)28(37)32-14-11-23-26(32)24(34)17-33(23)25(35)16-19-9-12-29-13-10-19/h5-8,18-19,22-23,26,29H,9-17H2,1-4H3,(H,30,36)/t22-,23+,26-/m0/s1. The molecule has 2 N–H and O–H groups in total. The first-order valence-electron chi connectivity index (χ1n) is 13.6. The van der Waals surface area contributed by atoms with Crippen LogP contribution in [0.2, 0.25) is 0 Å². The third-order valence-corrected chi connectivity index (χ3v) is 7.90. The van der Waals surface area contributed by atoms with E-state index in [4.69, 9.17) is 0 Å². The van der Waals surface area contributed by atoms with Crippen LogP contribution in [0.4, 0.5) is 5.69 Å². The summed E-state index contributed by atoms with van der Waals surface area (Å²) in [6.45, 7) is 6.35. The van der Waals surface area contributed by atoms with Crippen molar-refractivity contribution in [2.45, 2.75) is 64.1 Å². The van der Waals surface area contributed by atoms with Crippen LogP contribution in [0.5, 0.6) is 0 Å². The highest BCUT2D eigenvalue weighted by atomic mass is 16.2. The molecule has 9 heteroatoms. The molecule has 1 aromatic carbocycles. The SMILES string of the molecule is CC(C)C[C@H](NC(=O)c1ccc(N(C)C)cc1)C(=O)N1CC[C@@H]2[C@H]1C(=O)CN2C(=O)CC1CCNCC1. The van der Waals surface area contributed by atoms with E-state index in [1.807, 2.05) is 45.0 Å². The number of likely N-dealkylation sites (tertiary alicyclic amines) is 2. The Hall–Kier alpha value is -2.94. The number of fused-ring (bicyclic) bond motifs is 1. The number of rotatable bonds is 8. The molecule has 0 saturated carbocycles. The molecule has 3 saturated heterocycles. The summed E-state index contributed by atoms with van der Waals surface area (Å²) in [5.74, 6) is -0.0822. The predicted molar refractivity (Wildman–Crippen MR) is 142 cm³/mol. The van der Waals surface area contributed by atoms with Gasteiger partial charge in [-0.05, 0) is 74.9 Å². The van der Waals surface area contributed by atoms with Crippen molar-refractivity contribution in [3.8, 4) is 0 Å². The fourth-order valence-corrected chi connectivity index (χ4v) is 5.89. The van der Waals surface area contributed by atoms with Gasteiger partial charge in [0.05, 0.1) is 12.6 Å². The van der Waals surface area contributed by atoms with Gasteiger partial charge < -0.3 is 25.3 Å². The zero-order chi connectivity index (χ0) is 26.7. The van der Waals surface area contributed by atoms with E-state index in [0.717, 1.165) is 31.6 Å². The highest BCUT2D eigenvalue weighted by Crippen LogP contribution is 2.32. The van der Waals surface area contributed by atoms with Crippen molar-refractivity contribution in [1.82, 2.24) is 20.4 Å². The number of amides is 3. The third-order valence-electron chi connectivity index (χ3n) is 7.90. The van der Waals surface area contributed by atoms with Crippen LogP contribution in [-0.4, -0.2) is 91.7 Å². The van der Waals surface area contributed by atoms with Gasteiger partial charge in [0.15, 0.2) is 5.78 Å². The lowest BCUT2D eigenvalue weighted by Gasteiger charge is -2.29. The highest BCUT2D eigenvalue weighted by Gasteiger charge is 2.52. The van der Waals surface area contributed by atoms with Crippen LogP contribution in [0.15, 0.2) is 24.3 Å². The molecule has 9 nitrogen and oxygen atoms in total. The Kier molecular flexibility index (Phi) is 8.52. The first-order valence-corrected chi connectivity index (χ1v) is 13.6. The third kappa shape index (κ3) is 6.14. The van der Waals surface area contributed by atoms with E-state index in [0.29, 0.717) is 37.3 Å². The molecule has 3 aliphatic heterocycles. The molecule has 3 aliphatic rings. The molecular weight excluding hydrogens is 470 g/mol. The largest absolute Gasteiger partial charge is 0.378 e. The van der Waals surface area contributed by atoms with Crippen molar-refractivity contribution < 1.29 is 19.2 Å². The first kappa shape index (κ1) is 27.1. The van der Waals surface area contributed by atoms with Crippen LogP contribution in [0.3, 0.4) is 0 Å². The highest BCUT2D eigenvalue weighted by molar-refractivity contribution is 6.01. The monoisotopic (exact) mass is 511 g/mol. The number of ketones is 1. The summed E-state index contributed by atoms with van der Waals surface area (Å²) >= 11 is 0. The van der Waals surface area contributed by atoms with Crippen molar-refractivity contribution in [2.24, 2.45) is 11.8 Å². The molecule has 3 heterocycles. The summed E-state index contributed by atoms with van der Waals surface area (Å²) in [7, 11) is 3.87. The van der Waals surface area contributed by atoms with Gasteiger partial charge in [-0.3, -0.25) is 19.2 Å². The van der Waals surface area contributed by atoms with Crippen molar-refractivity contribution in [2.75, 3.05) is 45.2 Å². The number of benzene rings is 1. The van der Waals surface area contributed by atoms with E-state index in [9.17, 15) is 19.2 Å². The van der Waals surface area contributed by atoms with Gasteiger partial charge in [0.1, 0.15) is 12.1 Å². The lowest BCUT2D eigenvalue weighted by Crippen LogP contribution is -2.53. The van der Waals surface area contributed by atoms with Gasteiger partial charge in [0.2, 0.25) is 11.8 Å². The van der Waals surface area contributed by atoms with Gasteiger partial charge in [0, 0.05) is 38.3 Å². The van der Waals surface area contributed by atoms with Crippen LogP contribution in [0.1, 0.15) is 56.3 Å². The molecule has 0 bridgehead atoms. The van der Waals surface area contributed by atoms with E-state index < -0.39 is 12.1 Å². The second kappa shape index (κ2) is 11.6. The number of nitrogens with zero attached hydrogens (tertiary/aromatic N) is 3. The summed E-state index contributed by atoms with van der Waals surface area (Å²) in [5.41, 5.74) is 1.46. The number of carbonyl (C=O) groups excluding carboxylic acids is 4. The molecule has 3 amide bonds. The normalized spacial score (nSPS) is 22.8. The Morgan fingerprint density at radius 3 is 2.35 bits per heavy atom. The molecule has 3 atom stereocenters. The summed E-state index contributed by atoms with van der Waals surface area (Å²) in [4.78, 5) is 58.2. The van der Waals surface area contributed by atoms with Crippen LogP contribution in [0.25, 0.3) is 0 Å². The summed E-state index contributed by atoms with van der Waals surface area (Å²) in [6.07, 6.45) is 3.47. The minimum absolute atomic E-state index is 0.0234. The number of piperidine rings is 1. The van der Waals surface area contributed by atoms with Crippen LogP contribution in [0, 0.1) is 11.8 Å². The average molecular weight is 512 g/mol. The number of hydrogen-bond acceptors (Lipinski definition) is 6. The number of nitrogens with one attached hydrogen (secondary N) is 2. The van der Waals surface area contributed by atoms with Gasteiger partial charge in [-0.25, -0.2) is 0 Å². The van der Waals surface area contributed by atoms with E-state index in [2.05, 4.69) is 10.6 Å². The van der Waals surface area contributed by atoms with Crippen LogP contribution in [-0.2, 0) is 14.4 Å². The van der Waals surface area contributed by atoms with Gasteiger partial charge in [-0.15, -0.1) is 0 Å². The van der Waals surface area contributed by atoms with Gasteiger partial charge >= 0.3 is 0 Å². The minimum Gasteiger partial charge on any atom is -0.378 e. The topological polar surface area (TPSA) is 102 Å². The lowest BCUT2D eigenvalue weighted by molar-refractivity contribution is -0.138. The zero-order valence-corrected chi connectivity index (χ0v) is 22.5. The molecule has 0 unspecified atom stereocenters. The van der Waals surface area contributed by atoms with E-state index >= 15 is 0 Å². The molecule has 3 fully saturated rings.